The van der Waals surface area contributed by atoms with Crippen molar-refractivity contribution < 1.29 is 9.52 Å². The molecule has 0 amide bonds. The van der Waals surface area contributed by atoms with Gasteiger partial charge in [0, 0.05) is 38.8 Å². The lowest BCUT2D eigenvalue weighted by molar-refractivity contribution is 0.158. The SMILES string of the molecule is CN1CCN(c2ccc([C@@H](O)CN)o2)CC1. The number of aliphatic hydroxyl groups excluding tert-OH is 1. The Labute approximate surface area is 95.4 Å². The summed E-state index contributed by atoms with van der Waals surface area (Å²) in [4.78, 5) is 4.47. The molecule has 1 atom stereocenters. The molecule has 0 spiro atoms. The number of likely N-dealkylation sites (N-methyl/N-ethyl adjacent to an activating group) is 1. The molecule has 3 N–H and O–H groups in total. The lowest BCUT2D eigenvalue weighted by atomic mass is 10.3. The molecule has 1 saturated heterocycles. The Hall–Kier alpha value is -1.04. The Morgan fingerprint density at radius 2 is 2.06 bits per heavy atom. The first-order valence-corrected chi connectivity index (χ1v) is 5.62. The molecule has 1 fully saturated rings. The summed E-state index contributed by atoms with van der Waals surface area (Å²) in [5.74, 6) is 1.38. The fraction of sp³-hybridized carbons (Fsp3) is 0.636. The number of hydrogen-bond donors (Lipinski definition) is 2. The van der Waals surface area contributed by atoms with E-state index in [1.54, 1.807) is 6.07 Å². The number of anilines is 1. The van der Waals surface area contributed by atoms with Gasteiger partial charge in [0.15, 0.2) is 5.88 Å². The Kier molecular flexibility index (Phi) is 3.48. The van der Waals surface area contributed by atoms with Crippen LogP contribution in [0.2, 0.25) is 0 Å². The zero-order valence-electron chi connectivity index (χ0n) is 9.59. The lowest BCUT2D eigenvalue weighted by Crippen LogP contribution is -2.44. The number of rotatable bonds is 3. The van der Waals surface area contributed by atoms with Crippen molar-refractivity contribution in [3.63, 3.8) is 0 Å². The number of nitrogens with zero attached hydrogens (tertiary/aromatic N) is 2. The number of furan rings is 1. The van der Waals surface area contributed by atoms with Crippen molar-refractivity contribution in [2.24, 2.45) is 5.73 Å². The highest BCUT2D eigenvalue weighted by Crippen LogP contribution is 2.23. The Morgan fingerprint density at radius 3 is 2.69 bits per heavy atom. The van der Waals surface area contributed by atoms with Gasteiger partial charge in [-0.05, 0) is 13.1 Å². The van der Waals surface area contributed by atoms with Crippen LogP contribution < -0.4 is 10.6 Å². The summed E-state index contributed by atoms with van der Waals surface area (Å²) in [7, 11) is 2.11. The van der Waals surface area contributed by atoms with Gasteiger partial charge >= 0.3 is 0 Å². The van der Waals surface area contributed by atoms with Gasteiger partial charge in [-0.25, -0.2) is 0 Å². The standard InChI is InChI=1S/C11H19N3O2/c1-13-4-6-14(7-5-13)11-3-2-10(16-11)9(15)8-12/h2-3,9,15H,4-8,12H2,1H3/t9-/m0/s1. The highest BCUT2D eigenvalue weighted by atomic mass is 16.4. The maximum absolute atomic E-state index is 9.54. The van der Waals surface area contributed by atoms with Crippen molar-refractivity contribution in [2.45, 2.75) is 6.10 Å². The second-order valence-corrected chi connectivity index (χ2v) is 4.22. The highest BCUT2D eigenvalue weighted by Gasteiger charge is 2.18. The van der Waals surface area contributed by atoms with Crippen molar-refractivity contribution in [3.8, 4) is 0 Å². The van der Waals surface area contributed by atoms with Gasteiger partial charge in [0.1, 0.15) is 11.9 Å². The fourth-order valence-corrected chi connectivity index (χ4v) is 1.83. The predicted molar refractivity (Wildman–Crippen MR) is 62.4 cm³/mol. The van der Waals surface area contributed by atoms with Gasteiger partial charge in [-0.1, -0.05) is 0 Å². The zero-order valence-corrected chi connectivity index (χ0v) is 9.59. The Balaban J connectivity index is 2.01. The summed E-state index contributed by atoms with van der Waals surface area (Å²) in [6.07, 6.45) is -0.693. The molecule has 1 aromatic rings. The molecule has 90 valence electrons. The van der Waals surface area contributed by atoms with Crippen molar-refractivity contribution in [1.82, 2.24) is 4.90 Å². The van der Waals surface area contributed by atoms with E-state index in [1.807, 2.05) is 6.07 Å². The minimum atomic E-state index is -0.693. The van der Waals surface area contributed by atoms with Crippen molar-refractivity contribution in [1.29, 1.82) is 0 Å². The lowest BCUT2D eigenvalue weighted by Gasteiger charge is -2.32. The van der Waals surface area contributed by atoms with Crippen LogP contribution in [0.15, 0.2) is 16.5 Å². The topological polar surface area (TPSA) is 65.9 Å². The molecular weight excluding hydrogens is 206 g/mol. The Morgan fingerprint density at radius 1 is 1.38 bits per heavy atom. The second kappa shape index (κ2) is 4.86. The van der Waals surface area contributed by atoms with Crippen LogP contribution >= 0.6 is 0 Å². The summed E-state index contributed by atoms with van der Waals surface area (Å²) in [5, 5.41) is 9.54. The van der Waals surface area contributed by atoms with E-state index in [-0.39, 0.29) is 6.54 Å². The van der Waals surface area contributed by atoms with E-state index in [4.69, 9.17) is 10.2 Å². The molecule has 0 saturated carbocycles. The second-order valence-electron chi connectivity index (χ2n) is 4.22. The summed E-state index contributed by atoms with van der Waals surface area (Å²) >= 11 is 0. The summed E-state index contributed by atoms with van der Waals surface area (Å²) in [6.45, 7) is 4.19. The van der Waals surface area contributed by atoms with Gasteiger partial charge in [-0.2, -0.15) is 0 Å². The van der Waals surface area contributed by atoms with E-state index < -0.39 is 6.10 Å². The van der Waals surface area contributed by atoms with Gasteiger partial charge < -0.3 is 25.1 Å². The van der Waals surface area contributed by atoms with Crippen LogP contribution in [0.25, 0.3) is 0 Å². The molecule has 1 aromatic heterocycles. The van der Waals surface area contributed by atoms with E-state index in [0.717, 1.165) is 32.1 Å². The van der Waals surface area contributed by atoms with E-state index in [9.17, 15) is 5.11 Å². The van der Waals surface area contributed by atoms with Crippen LogP contribution in [-0.4, -0.2) is 49.8 Å². The number of piperazine rings is 1. The first kappa shape index (κ1) is 11.4. The van der Waals surface area contributed by atoms with Gasteiger partial charge in [0.05, 0.1) is 0 Å². The van der Waals surface area contributed by atoms with E-state index in [1.165, 1.54) is 0 Å². The molecule has 0 aliphatic carbocycles. The zero-order chi connectivity index (χ0) is 11.5. The average Bonchev–Trinajstić information content (AvgIpc) is 2.78. The average molecular weight is 225 g/mol. The monoisotopic (exact) mass is 225 g/mol. The van der Waals surface area contributed by atoms with Crippen LogP contribution in [0.1, 0.15) is 11.9 Å². The maximum atomic E-state index is 9.54. The van der Waals surface area contributed by atoms with E-state index in [2.05, 4.69) is 16.8 Å². The summed E-state index contributed by atoms with van der Waals surface area (Å²) in [6, 6.07) is 3.70. The molecule has 5 heteroatoms. The van der Waals surface area contributed by atoms with Crippen molar-refractivity contribution >= 4 is 5.88 Å². The molecule has 0 aromatic carbocycles. The first-order chi connectivity index (χ1) is 7.70. The summed E-state index contributed by atoms with van der Waals surface area (Å²) < 4.78 is 5.59. The number of hydrogen-bond acceptors (Lipinski definition) is 5. The molecule has 1 aliphatic rings. The van der Waals surface area contributed by atoms with Crippen LogP contribution in [0.3, 0.4) is 0 Å². The minimum absolute atomic E-state index is 0.190. The van der Waals surface area contributed by atoms with E-state index >= 15 is 0 Å². The van der Waals surface area contributed by atoms with Gasteiger partial charge in [0.2, 0.25) is 0 Å². The fourth-order valence-electron chi connectivity index (χ4n) is 1.83. The molecule has 5 nitrogen and oxygen atoms in total. The molecule has 1 aliphatic heterocycles. The molecular formula is C11H19N3O2. The molecule has 2 rings (SSSR count). The third kappa shape index (κ3) is 2.37. The van der Waals surface area contributed by atoms with Gasteiger partial charge in [-0.15, -0.1) is 0 Å². The number of nitrogens with two attached hydrogens (primary N) is 1. The third-order valence-electron chi connectivity index (χ3n) is 2.98. The van der Waals surface area contributed by atoms with Crippen LogP contribution in [0.5, 0.6) is 0 Å². The molecule has 16 heavy (non-hydrogen) atoms. The Bertz CT molecular complexity index is 332. The predicted octanol–water partition coefficient (Wildman–Crippen LogP) is 0.0235. The largest absolute Gasteiger partial charge is 0.443 e. The number of aliphatic hydroxyl groups is 1. The van der Waals surface area contributed by atoms with Crippen LogP contribution in [-0.2, 0) is 0 Å². The maximum Gasteiger partial charge on any atom is 0.195 e. The first-order valence-electron chi connectivity index (χ1n) is 5.62. The van der Waals surface area contributed by atoms with Gasteiger partial charge in [-0.3, -0.25) is 0 Å². The van der Waals surface area contributed by atoms with E-state index in [0.29, 0.717) is 5.76 Å². The quantitative estimate of drug-likeness (QED) is 0.759. The van der Waals surface area contributed by atoms with Crippen LogP contribution in [0, 0.1) is 0 Å². The minimum Gasteiger partial charge on any atom is -0.443 e. The molecule has 0 radical (unpaired) electrons. The van der Waals surface area contributed by atoms with Crippen molar-refractivity contribution in [3.05, 3.63) is 17.9 Å². The smallest absolute Gasteiger partial charge is 0.195 e. The molecule has 2 heterocycles. The van der Waals surface area contributed by atoms with Crippen molar-refractivity contribution in [2.75, 3.05) is 44.7 Å². The van der Waals surface area contributed by atoms with Crippen LogP contribution in [0.4, 0.5) is 5.88 Å². The molecule has 0 unspecified atom stereocenters. The summed E-state index contributed by atoms with van der Waals surface area (Å²) in [5.41, 5.74) is 5.38. The normalized spacial score (nSPS) is 20.1. The third-order valence-corrected chi connectivity index (χ3v) is 2.98. The van der Waals surface area contributed by atoms with Gasteiger partial charge in [0.25, 0.3) is 0 Å². The highest BCUT2D eigenvalue weighted by molar-refractivity contribution is 5.37. The molecule has 0 bridgehead atoms.